The van der Waals surface area contributed by atoms with Gasteiger partial charge in [0.15, 0.2) is 0 Å². The molecule has 1 aliphatic heterocycles. The zero-order chi connectivity index (χ0) is 14.0. The minimum absolute atomic E-state index is 0.0165. The molecule has 6 nitrogen and oxygen atoms in total. The van der Waals surface area contributed by atoms with E-state index in [2.05, 4.69) is 10.6 Å². The van der Waals surface area contributed by atoms with Crippen molar-refractivity contribution in [2.24, 2.45) is 0 Å². The summed E-state index contributed by atoms with van der Waals surface area (Å²) in [6.07, 6.45) is 0.547. The summed E-state index contributed by atoms with van der Waals surface area (Å²) in [5, 5.41) is 14.4. The Hall–Kier alpha value is -2.08. The first-order valence-electron chi connectivity index (χ1n) is 5.60. The maximum Gasteiger partial charge on any atom is 0.337 e. The number of piperidine rings is 1. The Morgan fingerprint density at radius 1 is 1.42 bits per heavy atom. The molecule has 100 valence electrons. The van der Waals surface area contributed by atoms with Crippen LogP contribution in [0.4, 0.5) is 5.69 Å². The quantitative estimate of drug-likeness (QED) is 0.725. The van der Waals surface area contributed by atoms with Gasteiger partial charge in [-0.05, 0) is 24.6 Å². The lowest BCUT2D eigenvalue weighted by Gasteiger charge is -2.23. The van der Waals surface area contributed by atoms with Gasteiger partial charge >= 0.3 is 5.97 Å². The van der Waals surface area contributed by atoms with Crippen LogP contribution < -0.4 is 10.6 Å². The molecule has 1 aromatic carbocycles. The van der Waals surface area contributed by atoms with Gasteiger partial charge in [0.05, 0.1) is 5.56 Å². The molecule has 1 heterocycles. The SMILES string of the molecule is O=C1CCC(Nc2ccc(Cl)cc2C(=O)O)C(=O)N1. The summed E-state index contributed by atoms with van der Waals surface area (Å²) in [6, 6.07) is 3.70. The van der Waals surface area contributed by atoms with E-state index >= 15 is 0 Å². The van der Waals surface area contributed by atoms with E-state index in [4.69, 9.17) is 16.7 Å². The molecule has 1 unspecified atom stereocenters. The third kappa shape index (κ3) is 3.03. The van der Waals surface area contributed by atoms with Crippen molar-refractivity contribution in [1.82, 2.24) is 5.32 Å². The van der Waals surface area contributed by atoms with Crippen LogP contribution in [-0.2, 0) is 9.59 Å². The highest BCUT2D eigenvalue weighted by Gasteiger charge is 2.27. The molecule has 19 heavy (non-hydrogen) atoms. The Morgan fingerprint density at radius 2 is 2.16 bits per heavy atom. The van der Waals surface area contributed by atoms with E-state index in [-0.39, 0.29) is 17.9 Å². The van der Waals surface area contributed by atoms with Gasteiger partial charge in [-0.2, -0.15) is 0 Å². The van der Waals surface area contributed by atoms with Crippen molar-refractivity contribution >= 4 is 35.1 Å². The second-order valence-corrected chi connectivity index (χ2v) is 4.58. The lowest BCUT2D eigenvalue weighted by molar-refractivity contribution is -0.133. The molecular formula is C12H11ClN2O4. The first kappa shape index (κ1) is 13.4. The van der Waals surface area contributed by atoms with Gasteiger partial charge in [-0.1, -0.05) is 11.6 Å². The normalized spacial score (nSPS) is 18.9. The summed E-state index contributed by atoms with van der Waals surface area (Å²) < 4.78 is 0. The number of halogens is 1. The monoisotopic (exact) mass is 282 g/mol. The molecule has 1 aromatic rings. The molecule has 0 radical (unpaired) electrons. The Bertz CT molecular complexity index is 559. The first-order chi connectivity index (χ1) is 8.97. The molecule has 2 rings (SSSR count). The van der Waals surface area contributed by atoms with Crippen LogP contribution >= 0.6 is 11.6 Å². The molecular weight excluding hydrogens is 272 g/mol. The van der Waals surface area contributed by atoms with Crippen molar-refractivity contribution in [3.05, 3.63) is 28.8 Å². The molecule has 0 aliphatic carbocycles. The summed E-state index contributed by atoms with van der Waals surface area (Å²) in [5.41, 5.74) is 0.281. The number of hydrogen-bond acceptors (Lipinski definition) is 4. The highest BCUT2D eigenvalue weighted by molar-refractivity contribution is 6.31. The highest BCUT2D eigenvalue weighted by Crippen LogP contribution is 2.22. The van der Waals surface area contributed by atoms with Crippen molar-refractivity contribution in [2.75, 3.05) is 5.32 Å². The molecule has 0 spiro atoms. The molecule has 7 heteroatoms. The number of carbonyl (C=O) groups excluding carboxylic acids is 2. The predicted octanol–water partition coefficient (Wildman–Crippen LogP) is 1.26. The molecule has 0 bridgehead atoms. The van der Waals surface area contributed by atoms with Crippen LogP contribution in [0.1, 0.15) is 23.2 Å². The number of carbonyl (C=O) groups is 3. The van der Waals surface area contributed by atoms with Gasteiger partial charge in [-0.3, -0.25) is 14.9 Å². The van der Waals surface area contributed by atoms with Gasteiger partial charge in [-0.25, -0.2) is 4.79 Å². The van der Waals surface area contributed by atoms with Gasteiger partial charge < -0.3 is 10.4 Å². The molecule has 0 saturated carbocycles. The number of imide groups is 1. The minimum Gasteiger partial charge on any atom is -0.478 e. The fourth-order valence-electron chi connectivity index (χ4n) is 1.84. The average molecular weight is 283 g/mol. The van der Waals surface area contributed by atoms with E-state index in [1.807, 2.05) is 0 Å². The number of benzene rings is 1. The third-order valence-corrected chi connectivity index (χ3v) is 3.02. The first-order valence-corrected chi connectivity index (χ1v) is 5.98. The van der Waals surface area contributed by atoms with Crippen molar-refractivity contribution in [2.45, 2.75) is 18.9 Å². The van der Waals surface area contributed by atoms with E-state index in [1.165, 1.54) is 18.2 Å². The van der Waals surface area contributed by atoms with E-state index in [0.717, 1.165) is 0 Å². The van der Waals surface area contributed by atoms with Crippen LogP contribution in [0.2, 0.25) is 5.02 Å². The van der Waals surface area contributed by atoms with Crippen LogP contribution in [0.3, 0.4) is 0 Å². The summed E-state index contributed by atoms with van der Waals surface area (Å²) >= 11 is 5.74. The average Bonchev–Trinajstić information content (AvgIpc) is 2.34. The van der Waals surface area contributed by atoms with E-state index in [1.54, 1.807) is 0 Å². The third-order valence-electron chi connectivity index (χ3n) is 2.78. The summed E-state index contributed by atoms with van der Waals surface area (Å²) in [7, 11) is 0. The summed E-state index contributed by atoms with van der Waals surface area (Å²) in [6.45, 7) is 0. The number of amides is 2. The van der Waals surface area contributed by atoms with Gasteiger partial charge in [0, 0.05) is 17.1 Å². The summed E-state index contributed by atoms with van der Waals surface area (Å²) in [5.74, 6) is -1.92. The van der Waals surface area contributed by atoms with Crippen molar-refractivity contribution in [3.63, 3.8) is 0 Å². The molecule has 1 atom stereocenters. The highest BCUT2D eigenvalue weighted by atomic mass is 35.5. The topological polar surface area (TPSA) is 95.5 Å². The van der Waals surface area contributed by atoms with Gasteiger partial charge in [-0.15, -0.1) is 0 Å². The maximum absolute atomic E-state index is 11.6. The molecule has 0 aromatic heterocycles. The lowest BCUT2D eigenvalue weighted by atomic mass is 10.0. The molecule has 3 N–H and O–H groups in total. The number of carboxylic acid groups (broad SMARTS) is 1. The Kier molecular flexibility index (Phi) is 3.71. The largest absolute Gasteiger partial charge is 0.478 e. The van der Waals surface area contributed by atoms with Crippen LogP contribution in [0.15, 0.2) is 18.2 Å². The van der Waals surface area contributed by atoms with Crippen LogP contribution in [0.5, 0.6) is 0 Å². The Balaban J connectivity index is 2.21. The predicted molar refractivity (Wildman–Crippen MR) is 68.2 cm³/mol. The Morgan fingerprint density at radius 3 is 2.79 bits per heavy atom. The van der Waals surface area contributed by atoms with Gasteiger partial charge in [0.2, 0.25) is 11.8 Å². The molecule has 2 amide bonds. The number of rotatable bonds is 3. The maximum atomic E-state index is 11.6. The van der Waals surface area contributed by atoms with Crippen LogP contribution in [0.25, 0.3) is 0 Å². The fourth-order valence-corrected chi connectivity index (χ4v) is 2.01. The van der Waals surface area contributed by atoms with Gasteiger partial charge in [0.25, 0.3) is 0 Å². The lowest BCUT2D eigenvalue weighted by Crippen LogP contribution is -2.47. The van der Waals surface area contributed by atoms with E-state index < -0.39 is 17.9 Å². The number of carboxylic acids is 1. The van der Waals surface area contributed by atoms with Crippen molar-refractivity contribution in [1.29, 1.82) is 0 Å². The number of aromatic carboxylic acids is 1. The fraction of sp³-hybridized carbons (Fsp3) is 0.250. The molecule has 1 aliphatic rings. The van der Waals surface area contributed by atoms with Crippen molar-refractivity contribution in [3.8, 4) is 0 Å². The van der Waals surface area contributed by atoms with E-state index in [0.29, 0.717) is 17.1 Å². The van der Waals surface area contributed by atoms with E-state index in [9.17, 15) is 14.4 Å². The number of anilines is 1. The minimum atomic E-state index is -1.14. The van der Waals surface area contributed by atoms with Crippen LogP contribution in [0, 0.1) is 0 Å². The zero-order valence-electron chi connectivity index (χ0n) is 9.77. The van der Waals surface area contributed by atoms with Crippen LogP contribution in [-0.4, -0.2) is 28.9 Å². The number of hydrogen-bond donors (Lipinski definition) is 3. The molecule has 1 fully saturated rings. The summed E-state index contributed by atoms with van der Waals surface area (Å²) in [4.78, 5) is 33.7. The second kappa shape index (κ2) is 5.27. The Labute approximate surface area is 113 Å². The number of nitrogens with one attached hydrogen (secondary N) is 2. The second-order valence-electron chi connectivity index (χ2n) is 4.14. The molecule has 1 saturated heterocycles. The smallest absolute Gasteiger partial charge is 0.337 e. The van der Waals surface area contributed by atoms with Gasteiger partial charge in [0.1, 0.15) is 6.04 Å². The standard InChI is InChI=1S/C12H11ClN2O4/c13-6-1-2-8(7(5-6)12(18)19)14-9-3-4-10(16)15-11(9)17/h1-2,5,9,14H,3-4H2,(H,18,19)(H,15,16,17). The van der Waals surface area contributed by atoms with Crippen molar-refractivity contribution < 1.29 is 19.5 Å². The zero-order valence-corrected chi connectivity index (χ0v) is 10.5.